The number of carbonyl (C=O) groups excluding carboxylic acids is 1. The van der Waals surface area contributed by atoms with E-state index >= 15 is 0 Å². The highest BCUT2D eigenvalue weighted by Crippen LogP contribution is 2.56. The summed E-state index contributed by atoms with van der Waals surface area (Å²) < 4.78 is 5.28. The Balaban J connectivity index is 1.96. The Bertz CT molecular complexity index is 1200. The van der Waals surface area contributed by atoms with Gasteiger partial charge < -0.3 is 4.74 Å². The van der Waals surface area contributed by atoms with Crippen LogP contribution in [-0.2, 0) is 4.79 Å². The maximum absolute atomic E-state index is 13.5. The van der Waals surface area contributed by atoms with Crippen molar-refractivity contribution in [3.63, 3.8) is 0 Å². The topological polar surface area (TPSA) is 73.9 Å². The number of nitriles is 2. The Hall–Kier alpha value is -4.15. The minimum atomic E-state index is -1.44. The normalized spacial score (nSPS) is 20.8. The van der Waals surface area contributed by atoms with Gasteiger partial charge >= 0.3 is 0 Å². The molecule has 4 heteroatoms. The van der Waals surface area contributed by atoms with Gasteiger partial charge in [0.25, 0.3) is 0 Å². The minimum Gasteiger partial charge on any atom is -0.497 e. The molecule has 0 N–H and O–H groups in total. The molecule has 4 rings (SSSR count). The minimum absolute atomic E-state index is 0.0513. The molecule has 0 bridgehead atoms. The summed E-state index contributed by atoms with van der Waals surface area (Å²) in [4.78, 5) is 13.5. The summed E-state index contributed by atoms with van der Waals surface area (Å²) >= 11 is 0. The summed E-state index contributed by atoms with van der Waals surface area (Å²) in [6, 6.07) is 30.9. The first-order valence-corrected chi connectivity index (χ1v) is 10.4. The number of nitrogens with zero attached hydrogens (tertiary/aromatic N) is 2. The monoisotopic (exact) mass is 418 g/mol. The van der Waals surface area contributed by atoms with Crippen molar-refractivity contribution in [1.82, 2.24) is 0 Å². The number of ether oxygens (including phenoxy) is 1. The van der Waals surface area contributed by atoms with E-state index in [0.29, 0.717) is 11.3 Å². The second kappa shape index (κ2) is 8.92. The zero-order valence-electron chi connectivity index (χ0n) is 17.7. The maximum Gasteiger partial charge on any atom is 0.161 e. The summed E-state index contributed by atoms with van der Waals surface area (Å²) in [5, 5.41) is 20.9. The van der Waals surface area contributed by atoms with Crippen molar-refractivity contribution in [3.8, 4) is 17.9 Å². The van der Waals surface area contributed by atoms with E-state index in [0.717, 1.165) is 16.7 Å². The lowest BCUT2D eigenvalue weighted by Gasteiger charge is -2.41. The van der Waals surface area contributed by atoms with Gasteiger partial charge in [-0.2, -0.15) is 10.5 Å². The lowest BCUT2D eigenvalue weighted by Crippen LogP contribution is -2.41. The van der Waals surface area contributed by atoms with E-state index in [1.807, 2.05) is 78.9 Å². The number of Topliss-reactive ketones (excluding diaryl/α,β-unsaturated/α-hetero) is 1. The highest BCUT2D eigenvalue weighted by atomic mass is 16.5. The van der Waals surface area contributed by atoms with Crippen LogP contribution in [0.2, 0.25) is 0 Å². The van der Waals surface area contributed by atoms with E-state index in [4.69, 9.17) is 4.74 Å². The maximum atomic E-state index is 13.5. The number of methoxy groups -OCH3 is 1. The van der Waals surface area contributed by atoms with Crippen LogP contribution in [0.15, 0.2) is 90.5 Å². The van der Waals surface area contributed by atoms with E-state index in [1.165, 1.54) is 0 Å². The van der Waals surface area contributed by atoms with Crippen molar-refractivity contribution in [2.24, 2.45) is 5.41 Å². The van der Waals surface area contributed by atoms with Crippen molar-refractivity contribution in [2.45, 2.75) is 18.3 Å². The number of benzene rings is 3. The molecule has 2 atom stereocenters. The number of hydrogen-bond donors (Lipinski definition) is 0. The third-order valence-corrected chi connectivity index (χ3v) is 6.17. The van der Waals surface area contributed by atoms with E-state index in [2.05, 4.69) is 12.1 Å². The number of hydrogen-bond acceptors (Lipinski definition) is 4. The molecule has 32 heavy (non-hydrogen) atoms. The van der Waals surface area contributed by atoms with Crippen LogP contribution >= 0.6 is 0 Å². The fraction of sp³-hybridized carbons (Fsp3) is 0.179. The summed E-state index contributed by atoms with van der Waals surface area (Å²) in [5.41, 5.74) is 1.46. The number of rotatable bonds is 4. The molecular formula is C28H22N2O2. The zero-order valence-corrected chi connectivity index (χ0v) is 17.7. The van der Waals surface area contributed by atoms with Gasteiger partial charge in [0.2, 0.25) is 0 Å². The molecule has 0 spiro atoms. The SMILES string of the molecule is COc1ccc([C@@H]2/C(=C\c3ccccc3)C(=O)C[C@@H](c3ccccc3)C2(C#N)C#N)cc1. The third kappa shape index (κ3) is 3.68. The molecule has 0 amide bonds. The molecule has 3 aromatic carbocycles. The molecule has 0 aliphatic heterocycles. The van der Waals surface area contributed by atoms with Gasteiger partial charge in [0, 0.05) is 23.8 Å². The average molecular weight is 418 g/mol. The van der Waals surface area contributed by atoms with Crippen LogP contribution in [0.5, 0.6) is 5.75 Å². The molecule has 1 saturated carbocycles. The molecule has 1 aliphatic rings. The molecule has 1 fully saturated rings. The molecule has 0 unspecified atom stereocenters. The molecule has 3 aromatic rings. The van der Waals surface area contributed by atoms with E-state index in [9.17, 15) is 15.3 Å². The fourth-order valence-corrected chi connectivity index (χ4v) is 4.58. The average Bonchev–Trinajstić information content (AvgIpc) is 2.86. The van der Waals surface area contributed by atoms with Crippen molar-refractivity contribution in [1.29, 1.82) is 10.5 Å². The van der Waals surface area contributed by atoms with Crippen LogP contribution in [0, 0.1) is 28.1 Å². The van der Waals surface area contributed by atoms with E-state index < -0.39 is 17.3 Å². The smallest absolute Gasteiger partial charge is 0.161 e. The molecule has 0 radical (unpaired) electrons. The Labute approximate surface area is 188 Å². The molecule has 0 saturated heterocycles. The highest BCUT2D eigenvalue weighted by molar-refractivity contribution is 6.03. The van der Waals surface area contributed by atoms with Crippen molar-refractivity contribution in [3.05, 3.63) is 107 Å². The number of carbonyl (C=O) groups is 1. The molecule has 1 aliphatic carbocycles. The van der Waals surface area contributed by atoms with Crippen molar-refractivity contribution < 1.29 is 9.53 Å². The molecule has 156 valence electrons. The van der Waals surface area contributed by atoms with Crippen molar-refractivity contribution in [2.75, 3.05) is 7.11 Å². The predicted octanol–water partition coefficient (Wildman–Crippen LogP) is 5.65. The van der Waals surface area contributed by atoms with Crippen LogP contribution in [0.1, 0.15) is 34.9 Å². The predicted molar refractivity (Wildman–Crippen MR) is 123 cm³/mol. The first-order chi connectivity index (χ1) is 15.6. The van der Waals surface area contributed by atoms with Gasteiger partial charge in [-0.15, -0.1) is 0 Å². The summed E-state index contributed by atoms with van der Waals surface area (Å²) in [5.74, 6) is -0.616. The van der Waals surface area contributed by atoms with Crippen LogP contribution in [0.4, 0.5) is 0 Å². The van der Waals surface area contributed by atoms with Crippen LogP contribution in [-0.4, -0.2) is 12.9 Å². The van der Waals surface area contributed by atoms with Crippen LogP contribution < -0.4 is 4.74 Å². The highest BCUT2D eigenvalue weighted by Gasteiger charge is 2.55. The summed E-state index contributed by atoms with van der Waals surface area (Å²) in [6.07, 6.45) is 1.93. The summed E-state index contributed by atoms with van der Waals surface area (Å²) in [6.45, 7) is 0. The molecule has 4 nitrogen and oxygen atoms in total. The van der Waals surface area contributed by atoms with Crippen LogP contribution in [0.3, 0.4) is 0 Å². The molecular weight excluding hydrogens is 396 g/mol. The van der Waals surface area contributed by atoms with Gasteiger partial charge in [-0.05, 0) is 34.9 Å². The van der Waals surface area contributed by atoms with E-state index in [-0.39, 0.29) is 12.2 Å². The van der Waals surface area contributed by atoms with Crippen LogP contribution in [0.25, 0.3) is 6.08 Å². The second-order valence-corrected chi connectivity index (χ2v) is 7.90. The van der Waals surface area contributed by atoms with Gasteiger partial charge in [-0.3, -0.25) is 4.79 Å². The van der Waals surface area contributed by atoms with Gasteiger partial charge in [-0.1, -0.05) is 72.8 Å². The lowest BCUT2D eigenvalue weighted by atomic mass is 9.55. The lowest BCUT2D eigenvalue weighted by molar-refractivity contribution is -0.118. The zero-order chi connectivity index (χ0) is 22.6. The second-order valence-electron chi connectivity index (χ2n) is 7.90. The third-order valence-electron chi connectivity index (χ3n) is 6.17. The first kappa shape index (κ1) is 21.1. The summed E-state index contributed by atoms with van der Waals surface area (Å²) in [7, 11) is 1.58. The Morgan fingerprint density at radius 2 is 1.47 bits per heavy atom. The van der Waals surface area contributed by atoms with Gasteiger partial charge in [0.05, 0.1) is 19.2 Å². The Morgan fingerprint density at radius 3 is 2.03 bits per heavy atom. The van der Waals surface area contributed by atoms with Gasteiger partial charge in [0.1, 0.15) is 5.75 Å². The standard InChI is InChI=1S/C28H22N2O2/c1-32-23-14-12-22(13-15-23)27-24(16-20-8-4-2-5-9-20)26(31)17-25(28(27,18-29)19-30)21-10-6-3-7-11-21/h2-16,25,27H,17H2,1H3/b24-16-/t25-,27+/m0/s1. The largest absolute Gasteiger partial charge is 0.497 e. The fourth-order valence-electron chi connectivity index (χ4n) is 4.58. The quantitative estimate of drug-likeness (QED) is 0.513. The molecule has 0 heterocycles. The molecule has 0 aromatic heterocycles. The van der Waals surface area contributed by atoms with Crippen molar-refractivity contribution >= 4 is 11.9 Å². The van der Waals surface area contributed by atoms with E-state index in [1.54, 1.807) is 19.2 Å². The van der Waals surface area contributed by atoms with Gasteiger partial charge in [0.15, 0.2) is 11.2 Å². The van der Waals surface area contributed by atoms with Gasteiger partial charge in [-0.25, -0.2) is 0 Å². The number of allylic oxidation sites excluding steroid dienone is 1. The first-order valence-electron chi connectivity index (χ1n) is 10.4. The Morgan fingerprint density at radius 1 is 0.875 bits per heavy atom. The number of ketones is 1. The Kier molecular flexibility index (Phi) is 5.88.